The van der Waals surface area contributed by atoms with Crippen LogP contribution in [-0.4, -0.2) is 17.9 Å². The van der Waals surface area contributed by atoms with Gasteiger partial charge in [-0.05, 0) is 23.3 Å². The van der Waals surface area contributed by atoms with E-state index in [0.717, 1.165) is 18.2 Å². The third-order valence-corrected chi connectivity index (χ3v) is 3.31. The van der Waals surface area contributed by atoms with Gasteiger partial charge in [0.25, 0.3) is 5.69 Å². The number of hydrogen-bond donors (Lipinski definition) is 1. The number of non-ortho nitro benzene ring substituents is 1. The fourth-order valence-electron chi connectivity index (χ4n) is 2.08. The summed E-state index contributed by atoms with van der Waals surface area (Å²) in [6, 6.07) is 7.45. The number of rotatable bonds is 6. The van der Waals surface area contributed by atoms with Crippen molar-refractivity contribution in [3.8, 4) is 11.5 Å². The van der Waals surface area contributed by atoms with Crippen LogP contribution >= 0.6 is 0 Å². The first kappa shape index (κ1) is 17.2. The van der Waals surface area contributed by atoms with Crippen molar-refractivity contribution < 1.29 is 24.0 Å². The van der Waals surface area contributed by atoms with E-state index in [9.17, 15) is 24.4 Å². The number of nitrogens with zero attached hydrogens (tertiary/aromatic N) is 1. The second-order valence-corrected chi connectivity index (χ2v) is 4.97. The summed E-state index contributed by atoms with van der Waals surface area (Å²) in [5, 5.41) is 24.8. The number of carbonyl (C=O) groups is 1. The van der Waals surface area contributed by atoms with Crippen molar-refractivity contribution in [3.63, 3.8) is 0 Å². The van der Waals surface area contributed by atoms with Crippen LogP contribution in [0.25, 0.3) is 0 Å². The molecule has 0 unspecified atom stereocenters. The molecule has 1 N–H and O–H groups in total. The molecule has 0 heterocycles. The molecular formula is C16H14FN2O5-. The van der Waals surface area contributed by atoms with E-state index < -0.39 is 22.4 Å². The summed E-state index contributed by atoms with van der Waals surface area (Å²) in [6.07, 6.45) is -0.0932. The second-order valence-electron chi connectivity index (χ2n) is 4.97. The molecule has 2 aromatic rings. The highest BCUT2D eigenvalue weighted by Crippen LogP contribution is 2.21. The number of amides is 1. The molecule has 0 atom stereocenters. The number of nitro groups is 1. The van der Waals surface area contributed by atoms with Crippen molar-refractivity contribution in [3.05, 3.63) is 63.5 Å². The van der Waals surface area contributed by atoms with Crippen molar-refractivity contribution in [2.75, 3.05) is 7.11 Å². The molecule has 2 aromatic carbocycles. The summed E-state index contributed by atoms with van der Waals surface area (Å²) in [5.41, 5.74) is 0.321. The smallest absolute Gasteiger partial charge is 0.269 e. The summed E-state index contributed by atoms with van der Waals surface area (Å²) in [6.45, 7) is -0.141. The molecule has 0 fully saturated rings. The minimum atomic E-state index is -0.620. The molecule has 0 bridgehead atoms. The monoisotopic (exact) mass is 333 g/mol. The topological polar surface area (TPSA) is 105 Å². The third-order valence-electron chi connectivity index (χ3n) is 3.31. The number of hydrogen-bond acceptors (Lipinski definition) is 5. The van der Waals surface area contributed by atoms with Gasteiger partial charge >= 0.3 is 0 Å². The van der Waals surface area contributed by atoms with E-state index in [1.807, 2.05) is 0 Å². The molecule has 2 rings (SSSR count). The van der Waals surface area contributed by atoms with Gasteiger partial charge in [0.05, 0.1) is 18.5 Å². The Morgan fingerprint density at radius 3 is 2.67 bits per heavy atom. The number of methoxy groups -OCH3 is 1. The lowest BCUT2D eigenvalue weighted by molar-refractivity contribution is -0.385. The number of nitro benzene ring substituents is 1. The fourth-order valence-corrected chi connectivity index (χ4v) is 2.08. The van der Waals surface area contributed by atoms with Crippen LogP contribution in [0.1, 0.15) is 11.1 Å². The van der Waals surface area contributed by atoms with E-state index in [2.05, 4.69) is 5.32 Å². The van der Waals surface area contributed by atoms with Gasteiger partial charge in [0.2, 0.25) is 5.91 Å². The van der Waals surface area contributed by atoms with E-state index in [1.165, 1.54) is 19.2 Å². The largest absolute Gasteiger partial charge is 0.872 e. The molecule has 0 aliphatic carbocycles. The van der Waals surface area contributed by atoms with Gasteiger partial charge in [-0.3, -0.25) is 14.9 Å². The van der Waals surface area contributed by atoms with Crippen molar-refractivity contribution in [2.45, 2.75) is 13.0 Å². The van der Waals surface area contributed by atoms with E-state index in [-0.39, 0.29) is 30.0 Å². The first-order valence-electron chi connectivity index (χ1n) is 6.94. The Bertz CT molecular complexity index is 779. The summed E-state index contributed by atoms with van der Waals surface area (Å²) in [7, 11) is 1.34. The Morgan fingerprint density at radius 1 is 1.29 bits per heavy atom. The third kappa shape index (κ3) is 4.19. The van der Waals surface area contributed by atoms with Gasteiger partial charge < -0.3 is 15.2 Å². The Hall–Kier alpha value is -3.16. The van der Waals surface area contributed by atoms with Crippen molar-refractivity contribution in [2.24, 2.45) is 0 Å². The molecule has 0 aliphatic heterocycles. The van der Waals surface area contributed by atoms with Gasteiger partial charge in [0, 0.05) is 18.7 Å². The normalized spacial score (nSPS) is 10.2. The molecule has 0 aromatic heterocycles. The minimum absolute atomic E-state index is 0.0757. The highest BCUT2D eigenvalue weighted by atomic mass is 19.1. The maximum atomic E-state index is 13.6. The van der Waals surface area contributed by atoms with Crippen LogP contribution in [0, 0.1) is 15.9 Å². The minimum Gasteiger partial charge on any atom is -0.872 e. The second kappa shape index (κ2) is 7.40. The molecule has 0 spiro atoms. The maximum absolute atomic E-state index is 13.6. The zero-order valence-corrected chi connectivity index (χ0v) is 12.7. The van der Waals surface area contributed by atoms with Gasteiger partial charge in [-0.1, -0.05) is 12.1 Å². The lowest BCUT2D eigenvalue weighted by Gasteiger charge is -2.13. The van der Waals surface area contributed by atoms with Gasteiger partial charge in [-0.2, -0.15) is 0 Å². The molecule has 7 nitrogen and oxygen atoms in total. The zero-order chi connectivity index (χ0) is 17.7. The van der Waals surface area contributed by atoms with E-state index in [4.69, 9.17) is 4.74 Å². The first-order valence-corrected chi connectivity index (χ1v) is 6.94. The van der Waals surface area contributed by atoms with Crippen LogP contribution in [0.4, 0.5) is 10.1 Å². The summed E-state index contributed by atoms with van der Waals surface area (Å²) in [5.74, 6) is -1.35. The standard InChI is InChI=1S/C16H15FN2O5/c1-24-15-5-2-10(6-13(15)17)7-16(21)18-9-11-8-12(19(22)23)3-4-14(11)20/h2-6,8,20H,7,9H2,1H3,(H,18,21)/p-1. The molecule has 0 aliphatic rings. The van der Waals surface area contributed by atoms with Crippen molar-refractivity contribution >= 4 is 11.6 Å². The molecule has 24 heavy (non-hydrogen) atoms. The highest BCUT2D eigenvalue weighted by molar-refractivity contribution is 5.78. The SMILES string of the molecule is COc1ccc(CC(=O)NCc2cc([N+](=O)[O-])ccc2[O-])cc1F. The Morgan fingerprint density at radius 2 is 2.04 bits per heavy atom. The Balaban J connectivity index is 1.99. The number of nitrogens with one attached hydrogen (secondary N) is 1. The zero-order valence-electron chi connectivity index (χ0n) is 12.7. The van der Waals surface area contributed by atoms with Crippen molar-refractivity contribution in [1.29, 1.82) is 0 Å². The molecule has 1 amide bonds. The maximum Gasteiger partial charge on any atom is 0.269 e. The first-order chi connectivity index (χ1) is 11.4. The summed E-state index contributed by atoms with van der Waals surface area (Å²) >= 11 is 0. The number of benzene rings is 2. The van der Waals surface area contributed by atoms with Crippen LogP contribution < -0.4 is 15.2 Å². The van der Waals surface area contributed by atoms with E-state index >= 15 is 0 Å². The summed E-state index contributed by atoms with van der Waals surface area (Å²) in [4.78, 5) is 22.0. The van der Waals surface area contributed by atoms with Crippen LogP contribution in [-0.2, 0) is 17.8 Å². The average Bonchev–Trinajstić information content (AvgIpc) is 2.54. The highest BCUT2D eigenvalue weighted by Gasteiger charge is 2.10. The van der Waals surface area contributed by atoms with Gasteiger partial charge in [-0.15, -0.1) is 5.75 Å². The van der Waals surface area contributed by atoms with Crippen LogP contribution in [0.15, 0.2) is 36.4 Å². The fraction of sp³-hybridized carbons (Fsp3) is 0.188. The van der Waals surface area contributed by atoms with Gasteiger partial charge in [0.15, 0.2) is 11.6 Å². The van der Waals surface area contributed by atoms with E-state index in [0.29, 0.717) is 5.56 Å². The predicted molar refractivity (Wildman–Crippen MR) is 81.0 cm³/mol. The average molecular weight is 333 g/mol. The van der Waals surface area contributed by atoms with Gasteiger partial charge in [0.1, 0.15) is 0 Å². The van der Waals surface area contributed by atoms with E-state index in [1.54, 1.807) is 6.07 Å². The Kier molecular flexibility index (Phi) is 5.31. The predicted octanol–water partition coefficient (Wildman–Crippen LogP) is 1.67. The number of halogens is 1. The van der Waals surface area contributed by atoms with Crippen LogP contribution in [0.5, 0.6) is 11.5 Å². The Labute approximate surface area is 136 Å². The quantitative estimate of drug-likeness (QED) is 0.639. The molecule has 0 saturated carbocycles. The molecule has 0 radical (unpaired) electrons. The lowest BCUT2D eigenvalue weighted by atomic mass is 10.1. The molecule has 8 heteroatoms. The summed E-state index contributed by atoms with van der Waals surface area (Å²) < 4.78 is 18.4. The van der Waals surface area contributed by atoms with Crippen LogP contribution in [0.2, 0.25) is 0 Å². The van der Waals surface area contributed by atoms with Crippen LogP contribution in [0.3, 0.4) is 0 Å². The van der Waals surface area contributed by atoms with Crippen molar-refractivity contribution in [1.82, 2.24) is 5.32 Å². The lowest BCUT2D eigenvalue weighted by Crippen LogP contribution is -2.25. The number of carbonyl (C=O) groups excluding carboxylic acids is 1. The molecular weight excluding hydrogens is 319 g/mol. The van der Waals surface area contributed by atoms with Gasteiger partial charge in [-0.25, -0.2) is 4.39 Å². The number of ether oxygens (including phenoxy) is 1. The molecule has 0 saturated heterocycles. The molecule has 126 valence electrons.